The molecule has 0 heterocycles. The summed E-state index contributed by atoms with van der Waals surface area (Å²) in [6.45, 7) is 6.95. The lowest BCUT2D eigenvalue weighted by molar-refractivity contribution is -0.129. The van der Waals surface area contributed by atoms with Gasteiger partial charge in [-0.3, -0.25) is 4.79 Å². The number of nitrogens with one attached hydrogen (secondary N) is 1. The Hall–Kier alpha value is -2.80. The van der Waals surface area contributed by atoms with E-state index in [9.17, 15) is 4.79 Å². The highest BCUT2D eigenvalue weighted by atomic mass is 16.2. The summed E-state index contributed by atoms with van der Waals surface area (Å²) in [5.74, 6) is 0.0811. The summed E-state index contributed by atoms with van der Waals surface area (Å²) in [5.41, 5.74) is 3.82. The van der Waals surface area contributed by atoms with Crippen molar-refractivity contribution >= 4 is 11.6 Å². The number of carbonyl (C=O) groups is 1. The van der Waals surface area contributed by atoms with E-state index in [1.54, 1.807) is 17.9 Å². The highest BCUT2D eigenvalue weighted by Crippen LogP contribution is 2.21. The van der Waals surface area contributed by atoms with Gasteiger partial charge < -0.3 is 10.2 Å². The molecule has 2 aromatic carbocycles. The normalized spacial score (nSPS) is 11.4. The number of benzene rings is 2. The molecule has 124 valence electrons. The number of anilines is 1. The first-order valence-electron chi connectivity index (χ1n) is 8.14. The molecule has 2 aromatic rings. The van der Waals surface area contributed by atoms with Crippen molar-refractivity contribution in [2.45, 2.75) is 33.4 Å². The van der Waals surface area contributed by atoms with E-state index >= 15 is 0 Å². The van der Waals surface area contributed by atoms with Gasteiger partial charge in [-0.1, -0.05) is 24.3 Å². The topological polar surface area (TPSA) is 56.1 Å². The number of amides is 1. The minimum atomic E-state index is 0.0811. The van der Waals surface area contributed by atoms with Crippen LogP contribution in [0.4, 0.5) is 5.69 Å². The molecule has 1 atom stereocenters. The molecule has 1 amide bonds. The Bertz CT molecular complexity index is 749. The third-order valence-electron chi connectivity index (χ3n) is 4.03. The molecular formula is C20H23N3O. The van der Waals surface area contributed by atoms with Gasteiger partial charge in [0.05, 0.1) is 11.6 Å². The van der Waals surface area contributed by atoms with Gasteiger partial charge in [0, 0.05) is 31.7 Å². The number of nitrogens with zero attached hydrogens (tertiary/aromatic N) is 2. The molecule has 4 nitrogen and oxygen atoms in total. The first-order chi connectivity index (χ1) is 11.5. The van der Waals surface area contributed by atoms with E-state index in [2.05, 4.69) is 24.4 Å². The van der Waals surface area contributed by atoms with Gasteiger partial charge in [0.1, 0.15) is 0 Å². The van der Waals surface area contributed by atoms with Gasteiger partial charge in [0.2, 0.25) is 5.91 Å². The lowest BCUT2D eigenvalue weighted by Crippen LogP contribution is -2.27. The Morgan fingerprint density at radius 3 is 2.67 bits per heavy atom. The molecule has 0 fully saturated rings. The molecule has 4 heteroatoms. The van der Waals surface area contributed by atoms with Gasteiger partial charge in [-0.2, -0.15) is 5.26 Å². The van der Waals surface area contributed by atoms with Crippen molar-refractivity contribution in [3.05, 3.63) is 65.2 Å². The fraction of sp³-hybridized carbons (Fsp3) is 0.300. The van der Waals surface area contributed by atoms with E-state index in [1.807, 2.05) is 43.3 Å². The van der Waals surface area contributed by atoms with Crippen molar-refractivity contribution < 1.29 is 4.79 Å². The second-order valence-corrected chi connectivity index (χ2v) is 5.84. The molecule has 0 aliphatic carbocycles. The number of carbonyl (C=O) groups excluding carboxylic acids is 1. The summed E-state index contributed by atoms with van der Waals surface area (Å²) >= 11 is 0. The molecule has 0 aliphatic rings. The van der Waals surface area contributed by atoms with Crippen molar-refractivity contribution in [1.82, 2.24) is 4.90 Å². The fourth-order valence-electron chi connectivity index (χ4n) is 2.64. The molecule has 0 saturated heterocycles. The minimum Gasteiger partial charge on any atom is -0.379 e. The van der Waals surface area contributed by atoms with E-state index in [1.165, 1.54) is 0 Å². The Kier molecular flexibility index (Phi) is 5.97. The first kappa shape index (κ1) is 17.6. The van der Waals surface area contributed by atoms with E-state index in [0.29, 0.717) is 18.7 Å². The second-order valence-electron chi connectivity index (χ2n) is 5.84. The van der Waals surface area contributed by atoms with Crippen LogP contribution in [0.1, 0.15) is 43.5 Å². The van der Waals surface area contributed by atoms with E-state index < -0.39 is 0 Å². The Balaban J connectivity index is 2.11. The summed E-state index contributed by atoms with van der Waals surface area (Å²) < 4.78 is 0. The van der Waals surface area contributed by atoms with Crippen LogP contribution in [-0.2, 0) is 11.3 Å². The lowest BCUT2D eigenvalue weighted by Gasteiger charge is -2.20. The zero-order chi connectivity index (χ0) is 17.5. The maximum Gasteiger partial charge on any atom is 0.219 e. The number of hydrogen-bond acceptors (Lipinski definition) is 3. The van der Waals surface area contributed by atoms with Crippen LogP contribution in [0.5, 0.6) is 0 Å². The summed E-state index contributed by atoms with van der Waals surface area (Å²) in [6.07, 6.45) is 0. The number of rotatable bonds is 6. The highest BCUT2D eigenvalue weighted by Gasteiger charge is 2.09. The summed E-state index contributed by atoms with van der Waals surface area (Å²) in [7, 11) is 0. The zero-order valence-corrected chi connectivity index (χ0v) is 14.4. The predicted molar refractivity (Wildman–Crippen MR) is 96.4 cm³/mol. The van der Waals surface area contributed by atoms with Crippen LogP contribution < -0.4 is 5.32 Å². The largest absolute Gasteiger partial charge is 0.379 e. The van der Waals surface area contributed by atoms with Crippen LogP contribution in [0.25, 0.3) is 0 Å². The van der Waals surface area contributed by atoms with E-state index in [4.69, 9.17) is 5.26 Å². The van der Waals surface area contributed by atoms with Crippen molar-refractivity contribution in [3.8, 4) is 6.07 Å². The molecule has 0 radical (unpaired) electrons. The molecule has 0 spiro atoms. The van der Waals surface area contributed by atoms with E-state index in [-0.39, 0.29) is 11.9 Å². The van der Waals surface area contributed by atoms with Crippen LogP contribution in [0.2, 0.25) is 0 Å². The molecule has 0 bridgehead atoms. The van der Waals surface area contributed by atoms with Crippen molar-refractivity contribution in [1.29, 1.82) is 5.26 Å². The SMILES string of the molecule is CCN(Cc1cccc(N[C@@H](C)c2cccc(C#N)c2)c1)C(C)=O. The van der Waals surface area contributed by atoms with Gasteiger partial charge in [-0.05, 0) is 49.2 Å². The molecule has 0 saturated carbocycles. The van der Waals surface area contributed by atoms with Crippen molar-refractivity contribution in [2.75, 3.05) is 11.9 Å². The van der Waals surface area contributed by atoms with Gasteiger partial charge >= 0.3 is 0 Å². The van der Waals surface area contributed by atoms with E-state index in [0.717, 1.165) is 16.8 Å². The Morgan fingerprint density at radius 2 is 2.00 bits per heavy atom. The smallest absolute Gasteiger partial charge is 0.219 e. The Labute approximate surface area is 143 Å². The lowest BCUT2D eigenvalue weighted by atomic mass is 10.0. The molecule has 24 heavy (non-hydrogen) atoms. The second kappa shape index (κ2) is 8.16. The fourth-order valence-corrected chi connectivity index (χ4v) is 2.64. The maximum absolute atomic E-state index is 11.6. The quantitative estimate of drug-likeness (QED) is 0.871. The van der Waals surface area contributed by atoms with Crippen molar-refractivity contribution in [2.24, 2.45) is 0 Å². The molecule has 2 rings (SSSR count). The van der Waals surface area contributed by atoms with Gasteiger partial charge in [0.15, 0.2) is 0 Å². The number of hydrogen-bond donors (Lipinski definition) is 1. The standard InChI is InChI=1S/C20H23N3O/c1-4-23(16(3)24)14-18-8-6-10-20(12-18)22-15(2)19-9-5-7-17(11-19)13-21/h5-12,15,22H,4,14H2,1-3H3/t15-/m0/s1. The van der Waals surface area contributed by atoms with Crippen LogP contribution in [0, 0.1) is 11.3 Å². The van der Waals surface area contributed by atoms with Gasteiger partial charge in [-0.25, -0.2) is 0 Å². The molecule has 0 aromatic heterocycles. The third-order valence-corrected chi connectivity index (χ3v) is 4.03. The van der Waals surface area contributed by atoms with Crippen molar-refractivity contribution in [3.63, 3.8) is 0 Å². The van der Waals surface area contributed by atoms with Gasteiger partial charge in [-0.15, -0.1) is 0 Å². The van der Waals surface area contributed by atoms with Gasteiger partial charge in [0.25, 0.3) is 0 Å². The predicted octanol–water partition coefficient (Wildman–Crippen LogP) is 4.10. The van der Waals surface area contributed by atoms with Crippen LogP contribution >= 0.6 is 0 Å². The zero-order valence-electron chi connectivity index (χ0n) is 14.4. The Morgan fingerprint density at radius 1 is 1.25 bits per heavy atom. The maximum atomic E-state index is 11.6. The van der Waals surface area contributed by atoms with Crippen LogP contribution in [0.15, 0.2) is 48.5 Å². The first-order valence-corrected chi connectivity index (χ1v) is 8.14. The molecule has 0 aliphatic heterocycles. The average Bonchev–Trinajstić information content (AvgIpc) is 2.59. The molecule has 1 N–H and O–H groups in total. The summed E-state index contributed by atoms with van der Waals surface area (Å²) in [4.78, 5) is 13.4. The highest BCUT2D eigenvalue weighted by molar-refractivity contribution is 5.73. The monoisotopic (exact) mass is 321 g/mol. The average molecular weight is 321 g/mol. The molecule has 0 unspecified atom stereocenters. The summed E-state index contributed by atoms with van der Waals surface area (Å²) in [5, 5.41) is 12.5. The number of nitriles is 1. The molecular weight excluding hydrogens is 298 g/mol. The van der Waals surface area contributed by atoms with Crippen LogP contribution in [0.3, 0.4) is 0 Å². The summed E-state index contributed by atoms with van der Waals surface area (Å²) in [6, 6.07) is 18.0. The van der Waals surface area contributed by atoms with Crippen LogP contribution in [-0.4, -0.2) is 17.4 Å². The third kappa shape index (κ3) is 4.60. The minimum absolute atomic E-state index is 0.0811.